The maximum absolute atomic E-state index is 12.0. The summed E-state index contributed by atoms with van der Waals surface area (Å²) in [5.41, 5.74) is -1.03. The van der Waals surface area contributed by atoms with E-state index in [-0.39, 0.29) is 24.2 Å². The molecule has 0 radical (unpaired) electrons. The van der Waals surface area contributed by atoms with Gasteiger partial charge in [-0.15, -0.1) is 11.3 Å². The van der Waals surface area contributed by atoms with Crippen molar-refractivity contribution in [1.29, 1.82) is 0 Å². The molecule has 0 aliphatic rings. The van der Waals surface area contributed by atoms with Crippen LogP contribution in [-0.2, 0) is 9.59 Å². The van der Waals surface area contributed by atoms with Gasteiger partial charge in [-0.1, -0.05) is 20.8 Å². The largest absolute Gasteiger partial charge is 0.481 e. The average Bonchev–Trinajstić information content (AvgIpc) is 2.89. The van der Waals surface area contributed by atoms with Gasteiger partial charge in [0.25, 0.3) is 0 Å². The van der Waals surface area contributed by atoms with Crippen molar-refractivity contribution in [2.45, 2.75) is 40.0 Å². The summed E-state index contributed by atoms with van der Waals surface area (Å²) >= 11 is 1.55. The second-order valence-electron chi connectivity index (χ2n) is 5.63. The zero-order valence-electron chi connectivity index (χ0n) is 12.3. The van der Waals surface area contributed by atoms with Crippen LogP contribution in [0.3, 0.4) is 0 Å². The van der Waals surface area contributed by atoms with Crippen LogP contribution in [0.25, 0.3) is 0 Å². The number of hydrogen-bond donors (Lipinski definition) is 2. The van der Waals surface area contributed by atoms with Crippen molar-refractivity contribution in [2.24, 2.45) is 11.3 Å². The fourth-order valence-electron chi connectivity index (χ4n) is 1.75. The second-order valence-corrected chi connectivity index (χ2v) is 6.56. The number of aromatic nitrogens is 1. The number of hydrogen-bond acceptors (Lipinski definition) is 4. The molecule has 2 atom stereocenters. The Bertz CT molecular complexity index is 459. The molecule has 6 heteroatoms. The van der Waals surface area contributed by atoms with Gasteiger partial charge in [-0.25, -0.2) is 4.98 Å². The molecular weight excluding hydrogens is 276 g/mol. The molecule has 0 aliphatic heterocycles. The molecule has 1 heterocycles. The summed E-state index contributed by atoms with van der Waals surface area (Å²) in [6, 6.07) is 0. The molecule has 112 valence electrons. The van der Waals surface area contributed by atoms with Gasteiger partial charge in [0.1, 0.15) is 0 Å². The van der Waals surface area contributed by atoms with Crippen LogP contribution in [0.15, 0.2) is 11.6 Å². The number of carbonyl (C=O) groups is 2. The Balaban J connectivity index is 2.53. The van der Waals surface area contributed by atoms with Crippen molar-refractivity contribution >= 4 is 23.2 Å². The first-order valence-corrected chi connectivity index (χ1v) is 7.54. The zero-order chi connectivity index (χ0) is 15.3. The van der Waals surface area contributed by atoms with E-state index in [9.17, 15) is 14.7 Å². The molecule has 0 aliphatic carbocycles. The summed E-state index contributed by atoms with van der Waals surface area (Å²) in [5, 5.41) is 15.0. The first-order chi connectivity index (χ1) is 9.27. The lowest BCUT2D eigenvalue weighted by Crippen LogP contribution is -2.39. The Hall–Kier alpha value is -1.43. The van der Waals surface area contributed by atoms with Crippen molar-refractivity contribution in [1.82, 2.24) is 10.3 Å². The third kappa shape index (κ3) is 4.03. The quantitative estimate of drug-likeness (QED) is 0.810. The van der Waals surface area contributed by atoms with E-state index in [1.54, 1.807) is 24.5 Å². The lowest BCUT2D eigenvalue weighted by atomic mass is 9.76. The highest BCUT2D eigenvalue weighted by molar-refractivity contribution is 7.09. The van der Waals surface area contributed by atoms with Gasteiger partial charge in [-0.2, -0.15) is 0 Å². The van der Waals surface area contributed by atoms with Crippen LogP contribution in [0.1, 0.15) is 45.0 Å². The molecule has 2 unspecified atom stereocenters. The third-order valence-corrected chi connectivity index (χ3v) is 4.78. The van der Waals surface area contributed by atoms with Crippen LogP contribution in [0.5, 0.6) is 0 Å². The number of thiazole rings is 1. The molecule has 0 saturated carbocycles. The average molecular weight is 298 g/mol. The number of amides is 1. The highest BCUT2D eigenvalue weighted by Crippen LogP contribution is 2.31. The predicted molar refractivity (Wildman–Crippen MR) is 78.7 cm³/mol. The van der Waals surface area contributed by atoms with Gasteiger partial charge in [0.2, 0.25) is 5.91 Å². The number of carboxylic acid groups (broad SMARTS) is 1. The topological polar surface area (TPSA) is 79.3 Å². The summed E-state index contributed by atoms with van der Waals surface area (Å²) in [7, 11) is 0. The standard InChI is InChI=1S/C14H22N2O3S/c1-9(2)14(4,13(18)19)7-11(17)16-8-10(3)12-15-5-6-20-12/h5-6,9-10H,7-8H2,1-4H3,(H,16,17)(H,18,19). The highest BCUT2D eigenvalue weighted by atomic mass is 32.1. The van der Waals surface area contributed by atoms with E-state index in [0.29, 0.717) is 6.54 Å². The molecule has 0 aromatic carbocycles. The van der Waals surface area contributed by atoms with Crippen molar-refractivity contribution in [2.75, 3.05) is 6.54 Å². The molecule has 1 aromatic rings. The molecule has 2 N–H and O–H groups in total. The molecule has 5 nitrogen and oxygen atoms in total. The first kappa shape index (κ1) is 16.6. The lowest BCUT2D eigenvalue weighted by Gasteiger charge is -2.28. The zero-order valence-corrected chi connectivity index (χ0v) is 13.2. The van der Waals surface area contributed by atoms with Crippen molar-refractivity contribution < 1.29 is 14.7 Å². The Morgan fingerprint density at radius 1 is 1.45 bits per heavy atom. The molecule has 0 saturated heterocycles. The monoisotopic (exact) mass is 298 g/mol. The van der Waals surface area contributed by atoms with Crippen LogP contribution in [0.2, 0.25) is 0 Å². The first-order valence-electron chi connectivity index (χ1n) is 6.67. The van der Waals surface area contributed by atoms with Gasteiger partial charge in [0.05, 0.1) is 10.4 Å². The molecule has 0 fully saturated rings. The Labute approximate surface area is 123 Å². The van der Waals surface area contributed by atoms with E-state index in [1.165, 1.54) is 0 Å². The minimum Gasteiger partial charge on any atom is -0.481 e. The fraction of sp³-hybridized carbons (Fsp3) is 0.643. The summed E-state index contributed by atoms with van der Waals surface area (Å²) in [5.74, 6) is -1.14. The van der Waals surface area contributed by atoms with Gasteiger partial charge < -0.3 is 10.4 Å². The Morgan fingerprint density at radius 3 is 2.55 bits per heavy atom. The molecule has 1 rings (SSSR count). The van der Waals surface area contributed by atoms with Gasteiger partial charge in [-0.3, -0.25) is 9.59 Å². The van der Waals surface area contributed by atoms with Gasteiger partial charge in [-0.05, 0) is 12.8 Å². The maximum atomic E-state index is 12.0. The van der Waals surface area contributed by atoms with E-state index in [2.05, 4.69) is 10.3 Å². The van der Waals surface area contributed by atoms with Crippen molar-refractivity contribution in [3.05, 3.63) is 16.6 Å². The van der Waals surface area contributed by atoms with Crippen molar-refractivity contribution in [3.63, 3.8) is 0 Å². The minimum atomic E-state index is -1.03. The number of nitrogens with one attached hydrogen (secondary N) is 1. The molecule has 0 bridgehead atoms. The van der Waals surface area contributed by atoms with Crippen LogP contribution < -0.4 is 5.32 Å². The van der Waals surface area contributed by atoms with E-state index in [4.69, 9.17) is 0 Å². The fourth-order valence-corrected chi connectivity index (χ4v) is 2.45. The maximum Gasteiger partial charge on any atom is 0.310 e. The number of carboxylic acids is 1. The van der Waals surface area contributed by atoms with Crippen LogP contribution in [0, 0.1) is 11.3 Å². The highest BCUT2D eigenvalue weighted by Gasteiger charge is 2.38. The summed E-state index contributed by atoms with van der Waals surface area (Å²) in [4.78, 5) is 27.5. The third-order valence-electron chi connectivity index (χ3n) is 3.77. The number of aliphatic carboxylic acids is 1. The molecule has 1 aromatic heterocycles. The summed E-state index contributed by atoms with van der Waals surface area (Å²) in [6.45, 7) is 7.71. The van der Waals surface area contributed by atoms with Crippen LogP contribution in [-0.4, -0.2) is 28.5 Å². The summed E-state index contributed by atoms with van der Waals surface area (Å²) in [6.07, 6.45) is 1.73. The van der Waals surface area contributed by atoms with E-state index in [0.717, 1.165) is 5.01 Å². The SMILES string of the molecule is CC(CNC(=O)CC(C)(C(=O)O)C(C)C)c1nccs1. The molecular formula is C14H22N2O3S. The normalized spacial score (nSPS) is 15.7. The smallest absolute Gasteiger partial charge is 0.310 e. The van der Waals surface area contributed by atoms with Crippen molar-refractivity contribution in [3.8, 4) is 0 Å². The Morgan fingerprint density at radius 2 is 2.10 bits per heavy atom. The van der Waals surface area contributed by atoms with Gasteiger partial charge >= 0.3 is 5.97 Å². The van der Waals surface area contributed by atoms with Crippen LogP contribution >= 0.6 is 11.3 Å². The summed E-state index contributed by atoms with van der Waals surface area (Å²) < 4.78 is 0. The molecule has 20 heavy (non-hydrogen) atoms. The molecule has 1 amide bonds. The lowest BCUT2D eigenvalue weighted by molar-refractivity contribution is -0.153. The number of carbonyl (C=O) groups excluding carboxylic acids is 1. The minimum absolute atomic E-state index is 0.00934. The van der Waals surface area contributed by atoms with E-state index < -0.39 is 11.4 Å². The second kappa shape index (κ2) is 6.83. The Kier molecular flexibility index (Phi) is 5.68. The van der Waals surface area contributed by atoms with E-state index >= 15 is 0 Å². The van der Waals surface area contributed by atoms with Gasteiger partial charge in [0, 0.05) is 30.5 Å². The van der Waals surface area contributed by atoms with Gasteiger partial charge in [0.15, 0.2) is 0 Å². The van der Waals surface area contributed by atoms with E-state index in [1.807, 2.05) is 26.2 Å². The predicted octanol–water partition coefficient (Wildman–Crippen LogP) is 2.50. The molecule has 0 spiro atoms. The van der Waals surface area contributed by atoms with Crippen LogP contribution in [0.4, 0.5) is 0 Å². The number of rotatable bonds is 7. The number of nitrogens with zero attached hydrogens (tertiary/aromatic N) is 1.